The molecule has 25 heavy (non-hydrogen) atoms. The highest BCUT2D eigenvalue weighted by Crippen LogP contribution is 2.18. The maximum atomic E-state index is 4.53. The average molecular weight is 336 g/mol. The fraction of sp³-hybridized carbons (Fsp3) is 0.368. The highest BCUT2D eigenvalue weighted by atomic mass is 15.3. The molecule has 1 aliphatic heterocycles. The molecule has 0 spiro atoms. The van der Waals surface area contributed by atoms with Crippen LogP contribution >= 0.6 is 0 Å². The van der Waals surface area contributed by atoms with Crippen LogP contribution in [-0.2, 0) is 19.6 Å². The molecule has 6 heteroatoms. The molecule has 130 valence electrons. The summed E-state index contributed by atoms with van der Waals surface area (Å²) in [6, 6.07) is 10.8. The second kappa shape index (κ2) is 7.11. The van der Waals surface area contributed by atoms with Crippen LogP contribution in [0.5, 0.6) is 0 Å². The van der Waals surface area contributed by atoms with E-state index in [-0.39, 0.29) is 0 Å². The molecule has 6 nitrogen and oxygen atoms in total. The van der Waals surface area contributed by atoms with Gasteiger partial charge in [0.2, 0.25) is 0 Å². The zero-order chi connectivity index (χ0) is 17.1. The predicted molar refractivity (Wildman–Crippen MR) is 98.4 cm³/mol. The van der Waals surface area contributed by atoms with Crippen LogP contribution < -0.4 is 10.6 Å². The van der Waals surface area contributed by atoms with E-state index in [1.807, 2.05) is 25.6 Å². The van der Waals surface area contributed by atoms with Crippen LogP contribution in [0.15, 0.2) is 49.1 Å². The standard InChI is InChI=1S/C19H24N6/c1-15-7-19-22-11-18(13-25(19)23-15)10-21-9-16-3-2-4-17(8-16)12-24-6-5-20-14-24/h2-8,14,18,21-22H,9-13H2,1H3. The van der Waals surface area contributed by atoms with E-state index in [0.717, 1.165) is 44.2 Å². The van der Waals surface area contributed by atoms with Gasteiger partial charge in [-0.3, -0.25) is 0 Å². The third kappa shape index (κ3) is 3.91. The summed E-state index contributed by atoms with van der Waals surface area (Å²) >= 11 is 0. The molecular weight excluding hydrogens is 312 g/mol. The molecule has 3 heterocycles. The number of benzene rings is 1. The summed E-state index contributed by atoms with van der Waals surface area (Å²) in [6.45, 7) is 6.75. The van der Waals surface area contributed by atoms with Gasteiger partial charge in [0.15, 0.2) is 0 Å². The highest BCUT2D eigenvalue weighted by Gasteiger charge is 2.18. The van der Waals surface area contributed by atoms with Crippen LogP contribution in [0.2, 0.25) is 0 Å². The molecule has 0 saturated carbocycles. The summed E-state index contributed by atoms with van der Waals surface area (Å²) in [4.78, 5) is 4.10. The van der Waals surface area contributed by atoms with E-state index < -0.39 is 0 Å². The summed E-state index contributed by atoms with van der Waals surface area (Å²) in [7, 11) is 0. The number of fused-ring (bicyclic) bond motifs is 1. The van der Waals surface area contributed by atoms with E-state index in [4.69, 9.17) is 0 Å². The topological polar surface area (TPSA) is 59.7 Å². The Bertz CT molecular complexity index is 820. The van der Waals surface area contributed by atoms with E-state index in [9.17, 15) is 0 Å². The van der Waals surface area contributed by atoms with Gasteiger partial charge < -0.3 is 15.2 Å². The van der Waals surface area contributed by atoms with E-state index in [1.54, 1.807) is 0 Å². The van der Waals surface area contributed by atoms with Gasteiger partial charge in [0, 0.05) is 57.1 Å². The smallest absolute Gasteiger partial charge is 0.124 e. The number of hydrogen-bond donors (Lipinski definition) is 2. The first-order chi connectivity index (χ1) is 12.3. The van der Waals surface area contributed by atoms with Crippen LogP contribution in [0, 0.1) is 12.8 Å². The number of hydrogen-bond acceptors (Lipinski definition) is 4. The Morgan fingerprint density at radius 2 is 2.20 bits per heavy atom. The Hall–Kier alpha value is -2.60. The SMILES string of the molecule is Cc1cc2n(n1)CC(CNCc1cccc(Cn3ccnc3)c1)CN2. The lowest BCUT2D eigenvalue weighted by Crippen LogP contribution is -2.35. The average Bonchev–Trinajstić information content (AvgIpc) is 3.23. The molecule has 0 aliphatic carbocycles. The molecular formula is C19H24N6. The van der Waals surface area contributed by atoms with Crippen molar-refractivity contribution in [3.63, 3.8) is 0 Å². The minimum Gasteiger partial charge on any atom is -0.370 e. The first-order valence-electron chi connectivity index (χ1n) is 8.79. The number of anilines is 1. The predicted octanol–water partition coefficient (Wildman–Crippen LogP) is 2.27. The van der Waals surface area contributed by atoms with Crippen LogP contribution in [0.4, 0.5) is 5.82 Å². The van der Waals surface area contributed by atoms with Crippen LogP contribution in [0.3, 0.4) is 0 Å². The van der Waals surface area contributed by atoms with Gasteiger partial charge in [-0.2, -0.15) is 5.10 Å². The van der Waals surface area contributed by atoms with Gasteiger partial charge in [-0.15, -0.1) is 0 Å². The minimum absolute atomic E-state index is 0.556. The van der Waals surface area contributed by atoms with Crippen molar-refractivity contribution in [1.29, 1.82) is 0 Å². The Labute approximate surface area is 147 Å². The lowest BCUT2D eigenvalue weighted by molar-refractivity contribution is 0.390. The first kappa shape index (κ1) is 15.9. The highest BCUT2D eigenvalue weighted by molar-refractivity contribution is 5.38. The van der Waals surface area contributed by atoms with Crippen molar-refractivity contribution in [2.75, 3.05) is 18.4 Å². The molecule has 0 fully saturated rings. The zero-order valence-electron chi connectivity index (χ0n) is 14.5. The monoisotopic (exact) mass is 336 g/mol. The van der Waals surface area contributed by atoms with Crippen molar-refractivity contribution in [3.05, 3.63) is 65.9 Å². The van der Waals surface area contributed by atoms with Crippen molar-refractivity contribution >= 4 is 5.82 Å². The number of aromatic nitrogens is 4. The van der Waals surface area contributed by atoms with Gasteiger partial charge >= 0.3 is 0 Å². The van der Waals surface area contributed by atoms with Gasteiger partial charge in [-0.1, -0.05) is 24.3 Å². The molecule has 2 N–H and O–H groups in total. The fourth-order valence-electron chi connectivity index (χ4n) is 3.37. The van der Waals surface area contributed by atoms with E-state index >= 15 is 0 Å². The number of aryl methyl sites for hydroxylation is 1. The van der Waals surface area contributed by atoms with Gasteiger partial charge in [-0.25, -0.2) is 9.67 Å². The Kier molecular flexibility index (Phi) is 4.52. The largest absolute Gasteiger partial charge is 0.370 e. The Balaban J connectivity index is 1.29. The van der Waals surface area contributed by atoms with E-state index in [2.05, 4.69) is 60.3 Å². The number of nitrogens with zero attached hydrogens (tertiary/aromatic N) is 4. The number of rotatable bonds is 6. The van der Waals surface area contributed by atoms with E-state index in [1.165, 1.54) is 11.1 Å². The van der Waals surface area contributed by atoms with Crippen molar-refractivity contribution in [3.8, 4) is 0 Å². The van der Waals surface area contributed by atoms with Gasteiger partial charge in [0.1, 0.15) is 5.82 Å². The molecule has 0 radical (unpaired) electrons. The lowest BCUT2D eigenvalue weighted by Gasteiger charge is -2.25. The second-order valence-corrected chi connectivity index (χ2v) is 6.79. The fourth-order valence-corrected chi connectivity index (χ4v) is 3.37. The lowest BCUT2D eigenvalue weighted by atomic mass is 10.1. The molecule has 1 aromatic carbocycles. The maximum absolute atomic E-state index is 4.53. The van der Waals surface area contributed by atoms with Crippen molar-refractivity contribution in [1.82, 2.24) is 24.6 Å². The van der Waals surface area contributed by atoms with E-state index in [0.29, 0.717) is 5.92 Å². The first-order valence-corrected chi connectivity index (χ1v) is 8.79. The molecule has 3 aromatic rings. The third-order valence-corrected chi connectivity index (χ3v) is 4.58. The Morgan fingerprint density at radius 1 is 1.28 bits per heavy atom. The molecule has 1 atom stereocenters. The van der Waals surface area contributed by atoms with Crippen molar-refractivity contribution in [2.45, 2.75) is 26.6 Å². The third-order valence-electron chi connectivity index (χ3n) is 4.58. The van der Waals surface area contributed by atoms with Gasteiger partial charge in [0.25, 0.3) is 0 Å². The molecule has 2 aromatic heterocycles. The molecule has 0 saturated heterocycles. The normalized spacial score (nSPS) is 16.4. The summed E-state index contributed by atoms with van der Waals surface area (Å²) < 4.78 is 4.17. The van der Waals surface area contributed by atoms with Gasteiger partial charge in [0.05, 0.1) is 12.0 Å². The quantitative estimate of drug-likeness (QED) is 0.725. The number of imidazole rings is 1. The van der Waals surface area contributed by atoms with Crippen LogP contribution in [0.25, 0.3) is 0 Å². The molecule has 1 aliphatic rings. The minimum atomic E-state index is 0.556. The van der Waals surface area contributed by atoms with Gasteiger partial charge in [-0.05, 0) is 18.1 Å². The molecule has 0 bridgehead atoms. The van der Waals surface area contributed by atoms with Crippen LogP contribution in [0.1, 0.15) is 16.8 Å². The zero-order valence-corrected chi connectivity index (χ0v) is 14.5. The maximum Gasteiger partial charge on any atom is 0.124 e. The van der Waals surface area contributed by atoms with Crippen LogP contribution in [-0.4, -0.2) is 32.4 Å². The molecule has 4 rings (SSSR count). The summed E-state index contributed by atoms with van der Waals surface area (Å²) in [5, 5.41) is 11.6. The summed E-state index contributed by atoms with van der Waals surface area (Å²) in [5.41, 5.74) is 3.69. The van der Waals surface area contributed by atoms with Crippen molar-refractivity contribution in [2.24, 2.45) is 5.92 Å². The Morgan fingerprint density at radius 3 is 3.08 bits per heavy atom. The van der Waals surface area contributed by atoms with Crippen molar-refractivity contribution < 1.29 is 0 Å². The summed E-state index contributed by atoms with van der Waals surface area (Å²) in [6.07, 6.45) is 5.66. The second-order valence-electron chi connectivity index (χ2n) is 6.79. The summed E-state index contributed by atoms with van der Waals surface area (Å²) in [5.74, 6) is 1.70. The number of nitrogens with one attached hydrogen (secondary N) is 2. The molecule has 0 amide bonds. The molecule has 1 unspecified atom stereocenters.